The van der Waals surface area contributed by atoms with Crippen LogP contribution in [0.15, 0.2) is 30.3 Å². The normalized spacial score (nSPS) is 32.6. The summed E-state index contributed by atoms with van der Waals surface area (Å²) in [5.41, 5.74) is 2.97. The fraction of sp³-hybridized carbons (Fsp3) is 0.526. The van der Waals surface area contributed by atoms with E-state index in [9.17, 15) is 4.79 Å². The van der Waals surface area contributed by atoms with Crippen molar-refractivity contribution in [3.63, 3.8) is 0 Å². The SMILES string of the molecule is N=CC1(c2ccccc2)C(NC2CC2)[CH]CCN1C(=O)C1CCNO1. The van der Waals surface area contributed by atoms with Gasteiger partial charge >= 0.3 is 0 Å². The van der Waals surface area contributed by atoms with Gasteiger partial charge in [0.05, 0.1) is 0 Å². The molecular weight excluding hydrogens is 316 g/mol. The highest BCUT2D eigenvalue weighted by atomic mass is 16.7. The fourth-order valence-corrected chi connectivity index (χ4v) is 3.94. The number of nitrogens with one attached hydrogen (secondary N) is 3. The van der Waals surface area contributed by atoms with Gasteiger partial charge < -0.3 is 15.6 Å². The van der Waals surface area contributed by atoms with E-state index >= 15 is 0 Å². The summed E-state index contributed by atoms with van der Waals surface area (Å²) in [6, 6.07) is 10.4. The molecule has 3 aliphatic rings. The number of hydrogen-bond donors (Lipinski definition) is 3. The number of carbonyl (C=O) groups excluding carboxylic acids is 1. The van der Waals surface area contributed by atoms with E-state index < -0.39 is 11.6 Å². The Hall–Kier alpha value is -1.76. The van der Waals surface area contributed by atoms with Crippen LogP contribution in [0.25, 0.3) is 0 Å². The minimum Gasteiger partial charge on any atom is -0.324 e. The van der Waals surface area contributed by atoms with E-state index in [1.165, 1.54) is 6.21 Å². The van der Waals surface area contributed by atoms with Crippen LogP contribution in [0, 0.1) is 11.8 Å². The van der Waals surface area contributed by atoms with Crippen LogP contribution in [-0.4, -0.2) is 48.3 Å². The number of carbonyl (C=O) groups is 1. The molecule has 2 saturated heterocycles. The van der Waals surface area contributed by atoms with Crippen LogP contribution >= 0.6 is 0 Å². The average molecular weight is 341 g/mol. The van der Waals surface area contributed by atoms with Crippen LogP contribution in [0.4, 0.5) is 0 Å². The van der Waals surface area contributed by atoms with Gasteiger partial charge in [0, 0.05) is 31.4 Å². The smallest absolute Gasteiger partial charge is 0.254 e. The van der Waals surface area contributed by atoms with E-state index in [2.05, 4.69) is 17.2 Å². The lowest BCUT2D eigenvalue weighted by Gasteiger charge is -2.50. The van der Waals surface area contributed by atoms with Gasteiger partial charge in [-0.15, -0.1) is 0 Å². The Morgan fingerprint density at radius 1 is 1.32 bits per heavy atom. The molecule has 1 radical (unpaired) electrons. The summed E-state index contributed by atoms with van der Waals surface area (Å²) >= 11 is 0. The third kappa shape index (κ3) is 2.99. The molecule has 3 fully saturated rings. The first-order valence-electron chi connectivity index (χ1n) is 9.12. The van der Waals surface area contributed by atoms with E-state index in [0.717, 1.165) is 24.8 Å². The second-order valence-corrected chi connectivity index (χ2v) is 7.06. The predicted molar refractivity (Wildman–Crippen MR) is 95.0 cm³/mol. The minimum absolute atomic E-state index is 0.0342. The summed E-state index contributed by atoms with van der Waals surface area (Å²) in [6.45, 7) is 1.29. The molecule has 2 aliphatic heterocycles. The number of hydrogen-bond acceptors (Lipinski definition) is 5. The second kappa shape index (κ2) is 6.86. The van der Waals surface area contributed by atoms with Gasteiger partial charge in [-0.1, -0.05) is 30.3 Å². The first kappa shape index (κ1) is 16.7. The topological polar surface area (TPSA) is 77.5 Å². The summed E-state index contributed by atoms with van der Waals surface area (Å²) in [5, 5.41) is 12.0. The van der Waals surface area contributed by atoms with Crippen molar-refractivity contribution in [3.8, 4) is 0 Å². The van der Waals surface area contributed by atoms with Gasteiger partial charge in [-0.2, -0.15) is 0 Å². The van der Waals surface area contributed by atoms with Crippen molar-refractivity contribution < 1.29 is 9.63 Å². The number of piperidine rings is 1. The molecule has 0 bridgehead atoms. The average Bonchev–Trinajstić information content (AvgIpc) is 3.31. The number of amides is 1. The first-order valence-corrected chi connectivity index (χ1v) is 9.12. The Labute approximate surface area is 148 Å². The number of benzene rings is 1. The van der Waals surface area contributed by atoms with Crippen molar-refractivity contribution in [3.05, 3.63) is 42.3 Å². The third-order valence-electron chi connectivity index (χ3n) is 5.40. The molecular formula is C19H25N4O2. The summed E-state index contributed by atoms with van der Waals surface area (Å²) in [7, 11) is 0. The van der Waals surface area contributed by atoms with E-state index in [-0.39, 0.29) is 11.9 Å². The maximum Gasteiger partial charge on any atom is 0.254 e. The molecule has 4 rings (SSSR count). The van der Waals surface area contributed by atoms with Gasteiger partial charge in [0.15, 0.2) is 6.10 Å². The number of nitrogens with zero attached hydrogens (tertiary/aromatic N) is 1. The van der Waals surface area contributed by atoms with E-state index in [0.29, 0.717) is 25.6 Å². The van der Waals surface area contributed by atoms with E-state index in [1.54, 1.807) is 0 Å². The number of hydroxylamine groups is 1. The molecule has 25 heavy (non-hydrogen) atoms. The maximum absolute atomic E-state index is 13.2. The van der Waals surface area contributed by atoms with Crippen molar-refractivity contribution in [1.29, 1.82) is 5.41 Å². The molecule has 3 N–H and O–H groups in total. The van der Waals surface area contributed by atoms with Crippen molar-refractivity contribution in [1.82, 2.24) is 15.7 Å². The van der Waals surface area contributed by atoms with Crippen molar-refractivity contribution in [2.24, 2.45) is 0 Å². The molecule has 6 nitrogen and oxygen atoms in total. The Morgan fingerprint density at radius 2 is 2.12 bits per heavy atom. The largest absolute Gasteiger partial charge is 0.324 e. The molecule has 3 atom stereocenters. The van der Waals surface area contributed by atoms with Gasteiger partial charge in [-0.25, -0.2) is 5.48 Å². The highest BCUT2D eigenvalue weighted by Gasteiger charge is 2.51. The van der Waals surface area contributed by atoms with Gasteiger partial charge in [-0.05, 0) is 37.7 Å². The zero-order valence-electron chi connectivity index (χ0n) is 14.3. The van der Waals surface area contributed by atoms with Gasteiger partial charge in [-0.3, -0.25) is 9.63 Å². The summed E-state index contributed by atoms with van der Waals surface area (Å²) in [6.07, 6.45) is 7.02. The van der Waals surface area contributed by atoms with E-state index in [4.69, 9.17) is 10.2 Å². The van der Waals surface area contributed by atoms with Gasteiger partial charge in [0.1, 0.15) is 5.54 Å². The number of likely N-dealkylation sites (tertiary alicyclic amines) is 1. The molecule has 2 heterocycles. The molecule has 133 valence electrons. The molecule has 3 unspecified atom stereocenters. The third-order valence-corrected chi connectivity index (χ3v) is 5.40. The minimum atomic E-state index is -0.800. The van der Waals surface area contributed by atoms with Crippen molar-refractivity contribution in [2.45, 2.75) is 49.4 Å². The highest BCUT2D eigenvalue weighted by molar-refractivity contribution is 5.88. The van der Waals surface area contributed by atoms with Crippen LogP contribution in [-0.2, 0) is 15.2 Å². The Kier molecular flexibility index (Phi) is 4.58. The van der Waals surface area contributed by atoms with Crippen molar-refractivity contribution >= 4 is 12.1 Å². The van der Waals surface area contributed by atoms with E-state index in [1.807, 2.05) is 35.2 Å². The zero-order valence-corrected chi connectivity index (χ0v) is 14.3. The first-order chi connectivity index (χ1) is 12.3. The molecule has 1 saturated carbocycles. The molecule has 1 aromatic carbocycles. The zero-order chi connectivity index (χ0) is 17.3. The summed E-state index contributed by atoms with van der Waals surface area (Å²) < 4.78 is 0. The molecule has 1 amide bonds. The van der Waals surface area contributed by atoms with Gasteiger partial charge in [0.2, 0.25) is 0 Å². The lowest BCUT2D eigenvalue weighted by atomic mass is 9.76. The highest BCUT2D eigenvalue weighted by Crippen LogP contribution is 2.38. The Bertz CT molecular complexity index is 628. The monoisotopic (exact) mass is 341 g/mol. The lowest BCUT2D eigenvalue weighted by Crippen LogP contribution is -2.66. The lowest BCUT2D eigenvalue weighted by molar-refractivity contribution is -0.150. The number of rotatable bonds is 5. The van der Waals surface area contributed by atoms with Crippen LogP contribution in [0.2, 0.25) is 0 Å². The fourth-order valence-electron chi connectivity index (χ4n) is 3.94. The maximum atomic E-state index is 13.2. The molecule has 1 aromatic rings. The Balaban J connectivity index is 1.73. The molecule has 6 heteroatoms. The molecule has 0 aromatic heterocycles. The van der Waals surface area contributed by atoms with Crippen LogP contribution < -0.4 is 10.8 Å². The standard InChI is InChI=1S/C19H25N4O2/c20-13-19(14-5-2-1-3-6-14)17(22-15-8-9-15)7-4-12-23(19)18(24)16-10-11-21-25-16/h1-3,5-7,13,15-17,20-22H,4,8-12H2. The van der Waals surface area contributed by atoms with Crippen molar-refractivity contribution in [2.75, 3.05) is 13.1 Å². The molecule has 1 aliphatic carbocycles. The molecule has 0 spiro atoms. The van der Waals surface area contributed by atoms with Crippen LogP contribution in [0.3, 0.4) is 0 Å². The van der Waals surface area contributed by atoms with Gasteiger partial charge in [0.25, 0.3) is 5.91 Å². The summed E-state index contributed by atoms with van der Waals surface area (Å²) in [5.74, 6) is -0.0342. The summed E-state index contributed by atoms with van der Waals surface area (Å²) in [4.78, 5) is 20.5. The predicted octanol–water partition coefficient (Wildman–Crippen LogP) is 1.38. The second-order valence-electron chi connectivity index (χ2n) is 7.06. The quantitative estimate of drug-likeness (QED) is 0.707. The Morgan fingerprint density at radius 3 is 2.76 bits per heavy atom. The van der Waals surface area contributed by atoms with Crippen LogP contribution in [0.5, 0.6) is 0 Å². The van der Waals surface area contributed by atoms with Crippen LogP contribution in [0.1, 0.15) is 31.2 Å².